The van der Waals surface area contributed by atoms with Crippen LogP contribution in [0.2, 0.25) is 0 Å². The highest BCUT2D eigenvalue weighted by Crippen LogP contribution is 2.12. The molecule has 0 aliphatic carbocycles. The van der Waals surface area contributed by atoms with Gasteiger partial charge in [0.1, 0.15) is 6.04 Å². The second-order valence-electron chi connectivity index (χ2n) is 7.27. The smallest absolute Gasteiger partial charge is 0.341 e. The number of amides is 1. The van der Waals surface area contributed by atoms with E-state index < -0.39 is 17.9 Å². The number of hydrogen-bond donors (Lipinski definition) is 3. The molecule has 0 unspecified atom stereocenters. The molecule has 3 aromatic rings. The predicted octanol–water partition coefficient (Wildman–Crippen LogP) is 3.68. The zero-order valence-electron chi connectivity index (χ0n) is 18.1. The van der Waals surface area contributed by atoms with Gasteiger partial charge in [0.25, 0.3) is 5.91 Å². The first-order chi connectivity index (χ1) is 15.5. The molecule has 0 aromatic heterocycles. The zero-order chi connectivity index (χ0) is 22.9. The van der Waals surface area contributed by atoms with E-state index in [0.29, 0.717) is 23.4 Å². The summed E-state index contributed by atoms with van der Waals surface area (Å²) in [6.07, 6.45) is 0.261. The van der Waals surface area contributed by atoms with Crippen LogP contribution in [-0.4, -0.2) is 23.7 Å². The maximum Gasteiger partial charge on any atom is 0.354 e. The first-order valence-corrected chi connectivity index (χ1v) is 10.2. The van der Waals surface area contributed by atoms with Crippen LogP contribution in [0.3, 0.4) is 0 Å². The van der Waals surface area contributed by atoms with Crippen molar-refractivity contribution >= 4 is 35.8 Å². The number of Topliss-reactive ketones (excluding diaryl/α,β-unsaturated/α-hetero) is 1. The third-order valence-corrected chi connectivity index (χ3v) is 4.89. The number of ketones is 1. The van der Waals surface area contributed by atoms with Gasteiger partial charge in [-0.05, 0) is 54.4 Å². The Balaban J connectivity index is 0.00000385. The zero-order valence-corrected chi connectivity index (χ0v) is 18.9. The second kappa shape index (κ2) is 12.4. The first-order valence-electron chi connectivity index (χ1n) is 10.2. The number of carbonyl (C=O) groups excluding carboxylic acids is 3. The van der Waals surface area contributed by atoms with E-state index in [0.717, 1.165) is 11.1 Å². The summed E-state index contributed by atoms with van der Waals surface area (Å²) in [5, 5.41) is 2.75. The Labute approximate surface area is 198 Å². The molecule has 0 heterocycles. The Kier molecular flexibility index (Phi) is 9.60. The quantitative estimate of drug-likeness (QED) is 0.327. The molecule has 0 saturated heterocycles. The lowest BCUT2D eigenvalue weighted by molar-refractivity contribution is -0.142. The van der Waals surface area contributed by atoms with Crippen LogP contribution < -0.4 is 16.5 Å². The van der Waals surface area contributed by atoms with Gasteiger partial charge in [0.05, 0.1) is 5.69 Å². The Bertz CT molecular complexity index is 1070. The number of nitrogens with one attached hydrogen (secondary N) is 2. The summed E-state index contributed by atoms with van der Waals surface area (Å²) in [4.78, 5) is 42.1. The standard InChI is InChI=1S/C25H25N3O4.ClH/c1-17(29)20-11-13-22(14-12-20)28-32-25(31)23(15-18-5-3-2-4-6-18)27-24(30)21-9-7-19(16-26)8-10-21;/h2-14,23,28H,15-16,26H2,1H3,(H,27,30);1H/t23-;/m0./s1. The summed E-state index contributed by atoms with van der Waals surface area (Å²) in [7, 11) is 0. The molecule has 33 heavy (non-hydrogen) atoms. The molecule has 7 nitrogen and oxygen atoms in total. The molecular weight excluding hydrogens is 442 g/mol. The summed E-state index contributed by atoms with van der Waals surface area (Å²) in [5.41, 5.74) is 11.4. The molecule has 0 radical (unpaired) electrons. The lowest BCUT2D eigenvalue weighted by Gasteiger charge is -2.18. The van der Waals surface area contributed by atoms with Gasteiger partial charge in [-0.3, -0.25) is 9.59 Å². The van der Waals surface area contributed by atoms with Gasteiger partial charge in [-0.15, -0.1) is 12.4 Å². The van der Waals surface area contributed by atoms with Crippen LogP contribution in [0.5, 0.6) is 0 Å². The monoisotopic (exact) mass is 467 g/mol. The first kappa shape index (κ1) is 25.6. The fourth-order valence-corrected chi connectivity index (χ4v) is 3.03. The summed E-state index contributed by atoms with van der Waals surface area (Å²) in [5.74, 6) is -1.09. The topological polar surface area (TPSA) is 111 Å². The average Bonchev–Trinajstić information content (AvgIpc) is 2.83. The molecule has 4 N–H and O–H groups in total. The molecule has 1 amide bonds. The number of carbonyl (C=O) groups is 3. The predicted molar refractivity (Wildman–Crippen MR) is 129 cm³/mol. The van der Waals surface area contributed by atoms with Gasteiger partial charge in [-0.1, -0.05) is 42.5 Å². The number of benzene rings is 3. The summed E-state index contributed by atoms with van der Waals surface area (Å²) in [6, 6.07) is 21.8. The Morgan fingerprint density at radius 2 is 1.45 bits per heavy atom. The number of nitrogens with two attached hydrogens (primary N) is 1. The van der Waals surface area contributed by atoms with Gasteiger partial charge >= 0.3 is 5.97 Å². The highest BCUT2D eigenvalue weighted by Gasteiger charge is 2.24. The molecule has 1 atom stereocenters. The SMILES string of the molecule is CC(=O)c1ccc(NOC(=O)[C@H](Cc2ccccc2)NC(=O)c2ccc(CN)cc2)cc1.Cl. The third kappa shape index (κ3) is 7.45. The normalized spacial score (nSPS) is 11.0. The Morgan fingerprint density at radius 1 is 0.848 bits per heavy atom. The maximum atomic E-state index is 12.8. The fraction of sp³-hybridized carbons (Fsp3) is 0.160. The van der Waals surface area contributed by atoms with E-state index in [1.165, 1.54) is 6.92 Å². The Hall–Kier alpha value is -3.68. The third-order valence-electron chi connectivity index (χ3n) is 4.89. The number of halogens is 1. The molecule has 0 aliphatic heterocycles. The fourth-order valence-electron chi connectivity index (χ4n) is 3.03. The van der Waals surface area contributed by atoms with E-state index in [1.54, 1.807) is 48.5 Å². The number of anilines is 1. The highest BCUT2D eigenvalue weighted by atomic mass is 35.5. The van der Waals surface area contributed by atoms with Crippen LogP contribution in [0.1, 0.15) is 38.8 Å². The summed E-state index contributed by atoms with van der Waals surface area (Å²) >= 11 is 0. The van der Waals surface area contributed by atoms with Crippen molar-refractivity contribution in [3.63, 3.8) is 0 Å². The van der Waals surface area contributed by atoms with Crippen LogP contribution in [0, 0.1) is 0 Å². The second-order valence-corrected chi connectivity index (χ2v) is 7.27. The van der Waals surface area contributed by atoms with Crippen molar-refractivity contribution in [1.82, 2.24) is 5.32 Å². The van der Waals surface area contributed by atoms with Crippen molar-refractivity contribution in [2.75, 3.05) is 5.48 Å². The van der Waals surface area contributed by atoms with Gasteiger partial charge < -0.3 is 15.9 Å². The van der Waals surface area contributed by atoms with Gasteiger partial charge in [0, 0.05) is 24.1 Å². The van der Waals surface area contributed by atoms with Crippen molar-refractivity contribution < 1.29 is 19.2 Å². The molecule has 0 saturated carbocycles. The lowest BCUT2D eigenvalue weighted by atomic mass is 10.1. The van der Waals surface area contributed by atoms with Crippen molar-refractivity contribution in [2.45, 2.75) is 25.9 Å². The van der Waals surface area contributed by atoms with Crippen molar-refractivity contribution in [1.29, 1.82) is 0 Å². The van der Waals surface area contributed by atoms with Crippen LogP contribution in [0.15, 0.2) is 78.9 Å². The molecule has 172 valence electrons. The van der Waals surface area contributed by atoms with Crippen LogP contribution in [-0.2, 0) is 22.6 Å². The maximum absolute atomic E-state index is 12.8. The lowest BCUT2D eigenvalue weighted by Crippen LogP contribution is -2.44. The van der Waals surface area contributed by atoms with Crippen molar-refractivity contribution in [3.8, 4) is 0 Å². The van der Waals surface area contributed by atoms with Gasteiger partial charge in [-0.2, -0.15) is 0 Å². The van der Waals surface area contributed by atoms with Crippen LogP contribution >= 0.6 is 12.4 Å². The molecule has 3 aromatic carbocycles. The minimum Gasteiger partial charge on any atom is -0.341 e. The van der Waals surface area contributed by atoms with Gasteiger partial charge in [0.15, 0.2) is 5.78 Å². The summed E-state index contributed by atoms with van der Waals surface area (Å²) in [6.45, 7) is 1.85. The Morgan fingerprint density at radius 3 is 2.03 bits per heavy atom. The van der Waals surface area contributed by atoms with Crippen molar-refractivity contribution in [3.05, 3.63) is 101 Å². The van der Waals surface area contributed by atoms with Gasteiger partial charge in [0.2, 0.25) is 0 Å². The van der Waals surface area contributed by atoms with Crippen LogP contribution in [0.4, 0.5) is 5.69 Å². The van der Waals surface area contributed by atoms with E-state index in [2.05, 4.69) is 10.8 Å². The minimum absolute atomic E-state index is 0. The number of rotatable bonds is 9. The largest absolute Gasteiger partial charge is 0.354 e. The molecule has 0 spiro atoms. The minimum atomic E-state index is -0.914. The molecule has 8 heteroatoms. The summed E-state index contributed by atoms with van der Waals surface area (Å²) < 4.78 is 0. The molecule has 3 rings (SSSR count). The number of hydrogen-bond acceptors (Lipinski definition) is 6. The van der Waals surface area contributed by atoms with Crippen molar-refractivity contribution in [2.24, 2.45) is 5.73 Å². The van der Waals surface area contributed by atoms with E-state index in [-0.39, 0.29) is 24.6 Å². The highest BCUT2D eigenvalue weighted by molar-refractivity contribution is 5.97. The van der Waals surface area contributed by atoms with Gasteiger partial charge in [-0.25, -0.2) is 10.3 Å². The van der Waals surface area contributed by atoms with E-state index in [1.807, 2.05) is 30.3 Å². The van der Waals surface area contributed by atoms with E-state index >= 15 is 0 Å². The van der Waals surface area contributed by atoms with E-state index in [4.69, 9.17) is 10.6 Å². The van der Waals surface area contributed by atoms with Crippen LogP contribution in [0.25, 0.3) is 0 Å². The molecular formula is C25H26ClN3O4. The molecule has 0 aliphatic rings. The average molecular weight is 468 g/mol. The van der Waals surface area contributed by atoms with E-state index in [9.17, 15) is 14.4 Å². The molecule has 0 bridgehead atoms. The molecule has 0 fully saturated rings.